The van der Waals surface area contributed by atoms with Crippen LogP contribution in [0.2, 0.25) is 0 Å². The van der Waals surface area contributed by atoms with Crippen molar-refractivity contribution in [2.24, 2.45) is 0 Å². The van der Waals surface area contributed by atoms with Crippen LogP contribution < -0.4 is 18.9 Å². The molecule has 2 amide bonds. The van der Waals surface area contributed by atoms with Crippen molar-refractivity contribution < 1.29 is 37.0 Å². The molecule has 38 heavy (non-hydrogen) atoms. The van der Waals surface area contributed by atoms with Gasteiger partial charge in [0.1, 0.15) is 0 Å². The van der Waals surface area contributed by atoms with Gasteiger partial charge < -0.3 is 18.9 Å². The maximum Gasteiger partial charge on any atom is 0.262 e. The van der Waals surface area contributed by atoms with Gasteiger partial charge in [-0.25, -0.2) is 8.42 Å². The van der Waals surface area contributed by atoms with E-state index in [0.717, 1.165) is 11.2 Å². The maximum atomic E-state index is 13.8. The third kappa shape index (κ3) is 4.95. The summed E-state index contributed by atoms with van der Waals surface area (Å²) >= 11 is 0. The van der Waals surface area contributed by atoms with E-state index in [1.807, 2.05) is 0 Å². The van der Waals surface area contributed by atoms with E-state index in [9.17, 15) is 18.0 Å². The summed E-state index contributed by atoms with van der Waals surface area (Å²) in [6.45, 7) is -0.0463. The molecule has 4 rings (SSSR count). The lowest BCUT2D eigenvalue weighted by Crippen LogP contribution is -2.31. The zero-order valence-corrected chi connectivity index (χ0v) is 22.4. The minimum Gasteiger partial charge on any atom is -0.493 e. The van der Waals surface area contributed by atoms with Crippen LogP contribution >= 0.6 is 0 Å². The zero-order chi connectivity index (χ0) is 27.6. The van der Waals surface area contributed by atoms with Gasteiger partial charge in [0.25, 0.3) is 11.8 Å². The SMILES string of the molecule is COc1ccc(C2=C(c3ccc(OC)c(OC)c3)C(=O)N(Cc3ccc(S(C)(=O)=O)cc3)C2=O)cc1OC. The quantitative estimate of drug-likeness (QED) is 0.381. The number of ether oxygens (including phenoxy) is 4. The number of sulfone groups is 1. The minimum atomic E-state index is -3.38. The van der Waals surface area contributed by atoms with Crippen molar-refractivity contribution in [3.8, 4) is 23.0 Å². The summed E-state index contributed by atoms with van der Waals surface area (Å²) in [5.41, 5.74) is 1.92. The summed E-state index contributed by atoms with van der Waals surface area (Å²) in [6, 6.07) is 16.1. The van der Waals surface area contributed by atoms with E-state index in [0.29, 0.717) is 39.7 Å². The number of amides is 2. The highest BCUT2D eigenvalue weighted by Gasteiger charge is 2.40. The van der Waals surface area contributed by atoms with Crippen molar-refractivity contribution >= 4 is 32.8 Å². The molecule has 0 atom stereocenters. The molecule has 0 aliphatic carbocycles. The van der Waals surface area contributed by atoms with Crippen LogP contribution in [0.3, 0.4) is 0 Å². The van der Waals surface area contributed by atoms with Gasteiger partial charge in [-0.05, 0) is 53.1 Å². The first-order valence-electron chi connectivity index (χ1n) is 11.5. The fraction of sp³-hybridized carbons (Fsp3) is 0.214. The van der Waals surface area contributed by atoms with Gasteiger partial charge in [0.05, 0.1) is 51.0 Å². The van der Waals surface area contributed by atoms with Crippen LogP contribution in [0.25, 0.3) is 11.1 Å². The molecular formula is C28H27NO8S. The number of rotatable bonds is 9. The molecular weight excluding hydrogens is 510 g/mol. The molecule has 3 aromatic rings. The fourth-order valence-electron chi connectivity index (χ4n) is 4.26. The van der Waals surface area contributed by atoms with Crippen LogP contribution in [0.1, 0.15) is 16.7 Å². The molecule has 3 aromatic carbocycles. The molecule has 198 valence electrons. The molecule has 0 spiro atoms. The van der Waals surface area contributed by atoms with E-state index in [2.05, 4.69) is 0 Å². The molecule has 0 fully saturated rings. The molecule has 0 aromatic heterocycles. The largest absolute Gasteiger partial charge is 0.493 e. The summed E-state index contributed by atoms with van der Waals surface area (Å²) in [5, 5.41) is 0. The van der Waals surface area contributed by atoms with Crippen LogP contribution in [0.15, 0.2) is 65.6 Å². The second kappa shape index (κ2) is 10.6. The molecule has 0 saturated heterocycles. The topological polar surface area (TPSA) is 108 Å². The fourth-order valence-corrected chi connectivity index (χ4v) is 4.89. The van der Waals surface area contributed by atoms with E-state index in [-0.39, 0.29) is 22.6 Å². The van der Waals surface area contributed by atoms with Gasteiger partial charge >= 0.3 is 0 Å². The number of carbonyl (C=O) groups excluding carboxylic acids is 2. The van der Waals surface area contributed by atoms with Crippen molar-refractivity contribution in [1.82, 2.24) is 4.90 Å². The van der Waals surface area contributed by atoms with E-state index in [1.54, 1.807) is 48.5 Å². The smallest absolute Gasteiger partial charge is 0.262 e. The van der Waals surface area contributed by atoms with Crippen molar-refractivity contribution in [3.05, 3.63) is 77.4 Å². The summed E-state index contributed by atoms with van der Waals surface area (Å²) in [6.07, 6.45) is 1.12. The van der Waals surface area contributed by atoms with E-state index < -0.39 is 21.7 Å². The first-order valence-corrected chi connectivity index (χ1v) is 13.4. The molecule has 0 unspecified atom stereocenters. The number of hydrogen-bond acceptors (Lipinski definition) is 8. The minimum absolute atomic E-state index is 0.0463. The van der Waals surface area contributed by atoms with Crippen molar-refractivity contribution in [3.63, 3.8) is 0 Å². The maximum absolute atomic E-state index is 13.8. The molecule has 1 heterocycles. The lowest BCUT2D eigenvalue weighted by atomic mass is 9.95. The van der Waals surface area contributed by atoms with Crippen molar-refractivity contribution in [1.29, 1.82) is 0 Å². The van der Waals surface area contributed by atoms with Gasteiger partial charge in [-0.15, -0.1) is 0 Å². The molecule has 1 aliphatic rings. The molecule has 9 nitrogen and oxygen atoms in total. The highest BCUT2D eigenvalue weighted by atomic mass is 32.2. The van der Waals surface area contributed by atoms with Gasteiger partial charge in [0.15, 0.2) is 32.8 Å². The third-order valence-corrected chi connectivity index (χ3v) is 7.33. The number of nitrogens with zero attached hydrogens (tertiary/aromatic N) is 1. The van der Waals surface area contributed by atoms with Gasteiger partial charge in [-0.1, -0.05) is 24.3 Å². The van der Waals surface area contributed by atoms with Crippen LogP contribution in [-0.4, -0.2) is 59.8 Å². The Labute approximate surface area is 221 Å². The Balaban J connectivity index is 1.83. The molecule has 0 N–H and O–H groups in total. The van der Waals surface area contributed by atoms with E-state index in [1.165, 1.54) is 40.6 Å². The molecule has 0 bridgehead atoms. The summed E-state index contributed by atoms with van der Waals surface area (Å²) in [7, 11) is 2.60. The Kier molecular flexibility index (Phi) is 7.45. The average molecular weight is 538 g/mol. The molecule has 0 radical (unpaired) electrons. The monoisotopic (exact) mass is 537 g/mol. The van der Waals surface area contributed by atoms with Gasteiger partial charge in [0.2, 0.25) is 0 Å². The van der Waals surface area contributed by atoms with Crippen LogP contribution in [0, 0.1) is 0 Å². The van der Waals surface area contributed by atoms with E-state index in [4.69, 9.17) is 18.9 Å². The Morgan fingerprint density at radius 3 is 1.42 bits per heavy atom. The second-order valence-electron chi connectivity index (χ2n) is 8.50. The highest BCUT2D eigenvalue weighted by Crippen LogP contribution is 2.41. The van der Waals surface area contributed by atoms with Crippen LogP contribution in [0.5, 0.6) is 23.0 Å². The number of carbonyl (C=O) groups is 2. The van der Waals surface area contributed by atoms with Gasteiger partial charge in [-0.2, -0.15) is 0 Å². The lowest BCUT2D eigenvalue weighted by molar-refractivity contribution is -0.136. The number of hydrogen-bond donors (Lipinski definition) is 0. The zero-order valence-electron chi connectivity index (χ0n) is 21.6. The van der Waals surface area contributed by atoms with Crippen molar-refractivity contribution in [2.45, 2.75) is 11.4 Å². The van der Waals surface area contributed by atoms with Gasteiger partial charge in [0, 0.05) is 6.26 Å². The standard InChI is InChI=1S/C28H27NO8S/c1-34-21-12-8-18(14-23(21)36-3)25-26(19-9-13-22(35-2)24(15-19)37-4)28(31)29(27(25)30)16-17-6-10-20(11-7-17)38(5,32)33/h6-15H,16H2,1-5H3. The highest BCUT2D eigenvalue weighted by molar-refractivity contribution is 7.90. The summed E-state index contributed by atoms with van der Waals surface area (Å²) in [5.74, 6) is 0.755. The summed E-state index contributed by atoms with van der Waals surface area (Å²) in [4.78, 5) is 28.9. The second-order valence-corrected chi connectivity index (χ2v) is 10.5. The first-order chi connectivity index (χ1) is 18.1. The normalized spacial score (nSPS) is 13.7. The third-order valence-electron chi connectivity index (χ3n) is 6.20. The molecule has 10 heteroatoms. The van der Waals surface area contributed by atoms with Gasteiger partial charge in [-0.3, -0.25) is 14.5 Å². The Morgan fingerprint density at radius 1 is 0.632 bits per heavy atom. The Morgan fingerprint density at radius 2 is 1.05 bits per heavy atom. The van der Waals surface area contributed by atoms with E-state index >= 15 is 0 Å². The van der Waals surface area contributed by atoms with Crippen LogP contribution in [-0.2, 0) is 26.0 Å². The molecule has 1 aliphatic heterocycles. The Hall–Kier alpha value is -4.31. The first kappa shape index (κ1) is 26.7. The molecule has 0 saturated carbocycles. The lowest BCUT2D eigenvalue weighted by Gasteiger charge is -2.16. The number of benzene rings is 3. The van der Waals surface area contributed by atoms with Crippen LogP contribution in [0.4, 0.5) is 0 Å². The average Bonchev–Trinajstić information content (AvgIpc) is 3.16. The summed E-state index contributed by atoms with van der Waals surface area (Å²) < 4.78 is 45.2. The number of imide groups is 1. The predicted molar refractivity (Wildman–Crippen MR) is 141 cm³/mol. The van der Waals surface area contributed by atoms with Crippen molar-refractivity contribution in [2.75, 3.05) is 34.7 Å². The number of methoxy groups -OCH3 is 4. The predicted octanol–water partition coefficient (Wildman–Crippen LogP) is 3.60. The Bertz CT molecular complexity index is 1460.